The van der Waals surface area contributed by atoms with Crippen LogP contribution in [0.3, 0.4) is 0 Å². The minimum Gasteiger partial charge on any atom is -0.478 e. The third-order valence-corrected chi connectivity index (χ3v) is 4.18. The van der Waals surface area contributed by atoms with Gasteiger partial charge in [0.15, 0.2) is 0 Å². The Balaban J connectivity index is 3.37. The molecule has 6 nitrogen and oxygen atoms in total. The smallest absolute Gasteiger partial charge is 0.337 e. The Kier molecular flexibility index (Phi) is 4.94. The number of carboxylic acids is 1. The molecule has 1 rings (SSSR count). The minimum absolute atomic E-state index is 0.00752. The SMILES string of the molecule is NCCNS(=O)(=O)c1cc(Cl)cc(C(=O)O)c1Cl. The number of carboxylic acid groups (broad SMARTS) is 1. The Morgan fingerprint density at radius 1 is 1.39 bits per heavy atom. The normalized spacial score (nSPS) is 11.5. The van der Waals surface area contributed by atoms with Crippen molar-refractivity contribution < 1.29 is 18.3 Å². The van der Waals surface area contributed by atoms with Gasteiger partial charge in [0.2, 0.25) is 10.0 Å². The van der Waals surface area contributed by atoms with Gasteiger partial charge in [-0.3, -0.25) is 0 Å². The van der Waals surface area contributed by atoms with Crippen LogP contribution < -0.4 is 10.5 Å². The van der Waals surface area contributed by atoms with E-state index in [9.17, 15) is 13.2 Å². The summed E-state index contributed by atoms with van der Waals surface area (Å²) in [7, 11) is -3.94. The second-order valence-corrected chi connectivity index (χ2v) is 5.81. The topological polar surface area (TPSA) is 109 Å². The molecule has 0 aromatic heterocycles. The number of benzene rings is 1. The van der Waals surface area contributed by atoms with Crippen molar-refractivity contribution in [3.8, 4) is 0 Å². The lowest BCUT2D eigenvalue weighted by Gasteiger charge is -2.10. The summed E-state index contributed by atoms with van der Waals surface area (Å²) < 4.78 is 25.8. The monoisotopic (exact) mass is 312 g/mol. The Morgan fingerprint density at radius 2 is 2.00 bits per heavy atom. The molecule has 0 radical (unpaired) electrons. The van der Waals surface area contributed by atoms with Crippen LogP contribution in [0.2, 0.25) is 10.0 Å². The molecule has 0 saturated carbocycles. The highest BCUT2D eigenvalue weighted by molar-refractivity contribution is 7.89. The summed E-state index contributed by atoms with van der Waals surface area (Å²) in [4.78, 5) is 10.5. The van der Waals surface area contributed by atoms with Crippen LogP contribution in [0.1, 0.15) is 10.4 Å². The molecule has 0 aliphatic rings. The lowest BCUT2D eigenvalue weighted by Crippen LogP contribution is -2.29. The second-order valence-electron chi connectivity index (χ2n) is 3.26. The molecular weight excluding hydrogens is 303 g/mol. The van der Waals surface area contributed by atoms with Crippen LogP contribution in [0, 0.1) is 0 Å². The summed E-state index contributed by atoms with van der Waals surface area (Å²) in [6.45, 7) is 0.108. The number of hydrogen-bond donors (Lipinski definition) is 3. The number of nitrogens with one attached hydrogen (secondary N) is 1. The molecular formula is C9H10Cl2N2O4S. The van der Waals surface area contributed by atoms with Crippen molar-refractivity contribution in [2.45, 2.75) is 4.90 Å². The van der Waals surface area contributed by atoms with Crippen molar-refractivity contribution in [2.24, 2.45) is 5.73 Å². The molecule has 0 heterocycles. The largest absolute Gasteiger partial charge is 0.478 e. The van der Waals surface area contributed by atoms with Gasteiger partial charge in [-0.25, -0.2) is 17.9 Å². The number of aromatic carboxylic acids is 1. The first-order chi connectivity index (χ1) is 8.29. The molecule has 4 N–H and O–H groups in total. The second kappa shape index (κ2) is 5.85. The lowest BCUT2D eigenvalue weighted by atomic mass is 10.2. The van der Waals surface area contributed by atoms with Gasteiger partial charge in [0.05, 0.1) is 10.6 Å². The molecule has 0 atom stereocenters. The lowest BCUT2D eigenvalue weighted by molar-refractivity contribution is 0.0697. The highest BCUT2D eigenvalue weighted by Crippen LogP contribution is 2.29. The zero-order valence-corrected chi connectivity index (χ0v) is 11.3. The quantitative estimate of drug-likeness (QED) is 0.749. The van der Waals surface area contributed by atoms with Crippen molar-refractivity contribution in [1.82, 2.24) is 4.72 Å². The molecule has 9 heteroatoms. The summed E-state index contributed by atoms with van der Waals surface area (Å²) in [5.74, 6) is -1.36. The summed E-state index contributed by atoms with van der Waals surface area (Å²) >= 11 is 11.4. The minimum atomic E-state index is -3.94. The molecule has 0 bridgehead atoms. The molecule has 0 aliphatic carbocycles. The average molecular weight is 313 g/mol. The number of halogens is 2. The van der Waals surface area contributed by atoms with E-state index in [-0.39, 0.29) is 28.6 Å². The zero-order chi connectivity index (χ0) is 13.9. The van der Waals surface area contributed by atoms with Gasteiger partial charge in [0, 0.05) is 18.1 Å². The number of hydrogen-bond acceptors (Lipinski definition) is 4. The Labute approximate surface area is 114 Å². The van der Waals surface area contributed by atoms with Crippen LogP contribution in [0.5, 0.6) is 0 Å². The fraction of sp³-hybridized carbons (Fsp3) is 0.222. The number of sulfonamides is 1. The predicted octanol–water partition coefficient (Wildman–Crippen LogP) is 0.929. The maximum Gasteiger partial charge on any atom is 0.337 e. The Bertz CT molecular complexity index is 574. The van der Waals surface area contributed by atoms with Crippen molar-refractivity contribution in [1.29, 1.82) is 0 Å². The summed E-state index contributed by atoms with van der Waals surface area (Å²) in [5.41, 5.74) is 4.80. The Morgan fingerprint density at radius 3 is 2.50 bits per heavy atom. The third kappa shape index (κ3) is 3.33. The maximum atomic E-state index is 11.8. The van der Waals surface area contributed by atoms with Crippen LogP contribution in [-0.4, -0.2) is 32.6 Å². The van der Waals surface area contributed by atoms with Crippen molar-refractivity contribution in [2.75, 3.05) is 13.1 Å². The summed E-state index contributed by atoms with van der Waals surface area (Å²) in [5, 5.41) is 8.45. The first kappa shape index (κ1) is 15.2. The van der Waals surface area contributed by atoms with E-state index in [1.54, 1.807) is 0 Å². The van der Waals surface area contributed by atoms with Crippen molar-refractivity contribution in [3.05, 3.63) is 27.7 Å². The number of nitrogens with two attached hydrogens (primary N) is 1. The fourth-order valence-corrected chi connectivity index (χ4v) is 3.13. The first-order valence-electron chi connectivity index (χ1n) is 4.71. The molecule has 18 heavy (non-hydrogen) atoms. The third-order valence-electron chi connectivity index (χ3n) is 1.96. The van der Waals surface area contributed by atoms with Crippen LogP contribution in [0.4, 0.5) is 0 Å². The van der Waals surface area contributed by atoms with Gasteiger partial charge in [-0.1, -0.05) is 23.2 Å². The fourth-order valence-electron chi connectivity index (χ4n) is 1.19. The van der Waals surface area contributed by atoms with E-state index in [0.29, 0.717) is 0 Å². The molecule has 100 valence electrons. The molecule has 1 aromatic carbocycles. The summed E-state index contributed by atoms with van der Waals surface area (Å²) in [6.07, 6.45) is 0. The van der Waals surface area contributed by atoms with Gasteiger partial charge >= 0.3 is 5.97 Å². The molecule has 1 aromatic rings. The molecule has 0 spiro atoms. The van der Waals surface area contributed by atoms with Crippen molar-refractivity contribution >= 4 is 39.2 Å². The van der Waals surface area contributed by atoms with Crippen molar-refractivity contribution in [3.63, 3.8) is 0 Å². The zero-order valence-electron chi connectivity index (χ0n) is 8.98. The van der Waals surface area contributed by atoms with Gasteiger partial charge in [0.25, 0.3) is 0 Å². The first-order valence-corrected chi connectivity index (χ1v) is 6.95. The standard InChI is InChI=1S/C9H10Cl2N2O4S/c10-5-3-6(9(14)15)8(11)7(4-5)18(16,17)13-2-1-12/h3-4,13H,1-2,12H2,(H,14,15). The molecule has 0 saturated heterocycles. The van der Waals surface area contributed by atoms with E-state index in [1.165, 1.54) is 0 Å². The van der Waals surface area contributed by atoms with E-state index < -0.39 is 21.0 Å². The van der Waals surface area contributed by atoms with Gasteiger partial charge in [-0.15, -0.1) is 0 Å². The molecule has 0 fully saturated rings. The molecule has 0 unspecified atom stereocenters. The summed E-state index contributed by atoms with van der Waals surface area (Å²) in [6, 6.07) is 2.16. The van der Waals surface area contributed by atoms with E-state index in [0.717, 1.165) is 12.1 Å². The van der Waals surface area contributed by atoms with E-state index >= 15 is 0 Å². The van der Waals surface area contributed by atoms with Crippen LogP contribution in [0.15, 0.2) is 17.0 Å². The van der Waals surface area contributed by atoms with Gasteiger partial charge in [-0.2, -0.15) is 0 Å². The van der Waals surface area contributed by atoms with Crippen LogP contribution in [0.25, 0.3) is 0 Å². The Hall–Kier alpha value is -0.860. The predicted molar refractivity (Wildman–Crippen MR) is 67.7 cm³/mol. The van der Waals surface area contributed by atoms with Gasteiger partial charge in [0.1, 0.15) is 4.90 Å². The van der Waals surface area contributed by atoms with E-state index in [2.05, 4.69) is 4.72 Å². The van der Waals surface area contributed by atoms with Gasteiger partial charge in [-0.05, 0) is 12.1 Å². The van der Waals surface area contributed by atoms with Crippen LogP contribution >= 0.6 is 23.2 Å². The average Bonchev–Trinajstić information content (AvgIpc) is 2.28. The number of rotatable bonds is 5. The number of carbonyl (C=O) groups is 1. The van der Waals surface area contributed by atoms with Gasteiger partial charge < -0.3 is 10.8 Å². The highest BCUT2D eigenvalue weighted by Gasteiger charge is 2.23. The maximum absolute atomic E-state index is 11.8. The highest BCUT2D eigenvalue weighted by atomic mass is 35.5. The molecule has 0 aliphatic heterocycles. The van der Waals surface area contributed by atoms with E-state index in [1.807, 2.05) is 0 Å². The van der Waals surface area contributed by atoms with Crippen LogP contribution in [-0.2, 0) is 10.0 Å². The van der Waals surface area contributed by atoms with E-state index in [4.69, 9.17) is 34.0 Å². The molecule has 0 amide bonds.